The van der Waals surface area contributed by atoms with Crippen molar-refractivity contribution in [3.63, 3.8) is 0 Å². The van der Waals surface area contributed by atoms with Crippen LogP contribution in [0.25, 0.3) is 0 Å². The van der Waals surface area contributed by atoms with E-state index in [1.807, 2.05) is 78.7 Å². The van der Waals surface area contributed by atoms with Crippen LogP contribution in [0.15, 0.2) is 77.4 Å². The third-order valence-corrected chi connectivity index (χ3v) is 4.60. The summed E-state index contributed by atoms with van der Waals surface area (Å²) in [5.74, 6) is 0.743. The molecule has 1 N–H and O–H groups in total. The van der Waals surface area contributed by atoms with Crippen LogP contribution in [-0.2, 0) is 11.2 Å². The highest BCUT2D eigenvalue weighted by molar-refractivity contribution is 9.10. The van der Waals surface area contributed by atoms with E-state index in [1.165, 1.54) is 0 Å². The highest BCUT2D eigenvalue weighted by Crippen LogP contribution is 2.22. The van der Waals surface area contributed by atoms with Crippen molar-refractivity contribution in [3.05, 3.63) is 83.0 Å². The van der Waals surface area contributed by atoms with Crippen LogP contribution in [-0.4, -0.2) is 17.9 Å². The molecule has 1 heterocycles. The van der Waals surface area contributed by atoms with Crippen molar-refractivity contribution in [2.75, 3.05) is 17.3 Å². The Labute approximate surface area is 155 Å². The monoisotopic (exact) mass is 395 g/mol. The standard InChI is InChI=1S/C20H18BrN3O/c1-24(17-8-3-2-4-9-17)19-12-11-16(14-22-19)23-20(25)13-15-7-5-6-10-18(15)21/h2-12,14H,13H2,1H3,(H,23,25). The normalized spacial score (nSPS) is 10.3. The van der Waals surface area contributed by atoms with E-state index in [1.54, 1.807) is 6.20 Å². The lowest BCUT2D eigenvalue weighted by atomic mass is 10.1. The van der Waals surface area contributed by atoms with Crippen molar-refractivity contribution in [3.8, 4) is 0 Å². The van der Waals surface area contributed by atoms with Gasteiger partial charge in [-0.25, -0.2) is 4.98 Å². The summed E-state index contributed by atoms with van der Waals surface area (Å²) in [6.07, 6.45) is 1.99. The number of hydrogen-bond acceptors (Lipinski definition) is 3. The molecule has 1 aromatic heterocycles. The summed E-state index contributed by atoms with van der Waals surface area (Å²) in [7, 11) is 1.96. The Morgan fingerprint density at radius 2 is 1.76 bits per heavy atom. The number of halogens is 1. The van der Waals surface area contributed by atoms with Crippen molar-refractivity contribution >= 4 is 39.0 Å². The minimum atomic E-state index is -0.0714. The fourth-order valence-corrected chi connectivity index (χ4v) is 2.89. The molecule has 0 spiro atoms. The quantitative estimate of drug-likeness (QED) is 0.674. The third kappa shape index (κ3) is 4.45. The van der Waals surface area contributed by atoms with Gasteiger partial charge in [-0.3, -0.25) is 4.79 Å². The van der Waals surface area contributed by atoms with Gasteiger partial charge in [0, 0.05) is 17.2 Å². The number of hydrogen-bond donors (Lipinski definition) is 1. The van der Waals surface area contributed by atoms with Crippen LogP contribution in [0.3, 0.4) is 0 Å². The maximum absolute atomic E-state index is 12.2. The van der Waals surface area contributed by atoms with Crippen molar-refractivity contribution in [2.24, 2.45) is 0 Å². The lowest BCUT2D eigenvalue weighted by Crippen LogP contribution is -2.15. The average molecular weight is 396 g/mol. The Bertz CT molecular complexity index is 850. The van der Waals surface area contributed by atoms with E-state index in [9.17, 15) is 4.79 Å². The lowest BCUT2D eigenvalue weighted by Gasteiger charge is -2.18. The van der Waals surface area contributed by atoms with Gasteiger partial charge >= 0.3 is 0 Å². The van der Waals surface area contributed by atoms with Gasteiger partial charge < -0.3 is 10.2 Å². The van der Waals surface area contributed by atoms with Crippen LogP contribution in [0.4, 0.5) is 17.2 Å². The molecule has 0 fully saturated rings. The largest absolute Gasteiger partial charge is 0.329 e. The molecule has 0 aliphatic heterocycles. The van der Waals surface area contributed by atoms with Gasteiger partial charge in [0.25, 0.3) is 0 Å². The molecule has 5 heteroatoms. The van der Waals surface area contributed by atoms with E-state index >= 15 is 0 Å². The number of nitrogens with zero attached hydrogens (tertiary/aromatic N) is 2. The van der Waals surface area contributed by atoms with Crippen LogP contribution in [0.2, 0.25) is 0 Å². The van der Waals surface area contributed by atoms with Gasteiger partial charge in [-0.15, -0.1) is 0 Å². The Balaban J connectivity index is 1.64. The predicted molar refractivity (Wildman–Crippen MR) is 105 cm³/mol. The topological polar surface area (TPSA) is 45.2 Å². The van der Waals surface area contributed by atoms with Crippen LogP contribution in [0.1, 0.15) is 5.56 Å². The van der Waals surface area contributed by atoms with E-state index in [2.05, 4.69) is 26.2 Å². The summed E-state index contributed by atoms with van der Waals surface area (Å²) in [5.41, 5.74) is 2.69. The summed E-state index contributed by atoms with van der Waals surface area (Å²) in [6, 6.07) is 21.5. The zero-order valence-corrected chi connectivity index (χ0v) is 15.4. The molecule has 2 aromatic carbocycles. The number of carbonyl (C=O) groups excluding carboxylic acids is 1. The van der Waals surface area contributed by atoms with Crippen LogP contribution in [0.5, 0.6) is 0 Å². The maximum Gasteiger partial charge on any atom is 0.228 e. The van der Waals surface area contributed by atoms with E-state index in [4.69, 9.17) is 0 Å². The fraction of sp³-hybridized carbons (Fsp3) is 0.100. The molecule has 0 unspecified atom stereocenters. The summed E-state index contributed by atoms with van der Waals surface area (Å²) < 4.78 is 0.933. The zero-order chi connectivity index (χ0) is 17.6. The molecule has 0 saturated carbocycles. The van der Waals surface area contributed by atoms with E-state index in [0.717, 1.165) is 21.5 Å². The molecule has 3 rings (SSSR count). The number of amides is 1. The minimum absolute atomic E-state index is 0.0714. The smallest absolute Gasteiger partial charge is 0.228 e. The average Bonchev–Trinajstić information content (AvgIpc) is 2.64. The predicted octanol–water partition coefficient (Wildman–Crippen LogP) is 4.79. The summed E-state index contributed by atoms with van der Waals surface area (Å²) in [6.45, 7) is 0. The number of pyridine rings is 1. The highest BCUT2D eigenvalue weighted by Gasteiger charge is 2.08. The maximum atomic E-state index is 12.2. The zero-order valence-electron chi connectivity index (χ0n) is 13.8. The van der Waals surface area contributed by atoms with Gasteiger partial charge in [-0.1, -0.05) is 52.3 Å². The van der Waals surface area contributed by atoms with Crippen LogP contribution in [0, 0.1) is 0 Å². The number of para-hydroxylation sites is 1. The number of carbonyl (C=O) groups is 1. The molecular formula is C20H18BrN3O. The Hall–Kier alpha value is -2.66. The lowest BCUT2D eigenvalue weighted by molar-refractivity contribution is -0.115. The molecule has 25 heavy (non-hydrogen) atoms. The second-order valence-electron chi connectivity index (χ2n) is 5.62. The van der Waals surface area contributed by atoms with Gasteiger partial charge in [0.15, 0.2) is 0 Å². The number of aromatic nitrogens is 1. The molecule has 0 bridgehead atoms. The second-order valence-corrected chi connectivity index (χ2v) is 6.47. The third-order valence-electron chi connectivity index (χ3n) is 3.83. The van der Waals surface area contributed by atoms with Crippen molar-refractivity contribution in [1.29, 1.82) is 0 Å². The SMILES string of the molecule is CN(c1ccccc1)c1ccc(NC(=O)Cc2ccccc2Br)cn1. The number of nitrogens with one attached hydrogen (secondary N) is 1. The first kappa shape index (κ1) is 17.2. The highest BCUT2D eigenvalue weighted by atomic mass is 79.9. The Morgan fingerprint density at radius 1 is 1.04 bits per heavy atom. The molecule has 0 aliphatic carbocycles. The molecule has 0 radical (unpaired) electrons. The van der Waals surface area contributed by atoms with Gasteiger partial charge in [0.05, 0.1) is 18.3 Å². The molecular weight excluding hydrogens is 378 g/mol. The van der Waals surface area contributed by atoms with Gasteiger partial charge in [-0.2, -0.15) is 0 Å². The van der Waals surface area contributed by atoms with Crippen molar-refractivity contribution in [2.45, 2.75) is 6.42 Å². The first-order valence-corrected chi connectivity index (χ1v) is 8.71. The first-order valence-electron chi connectivity index (χ1n) is 7.91. The first-order chi connectivity index (χ1) is 12.1. The molecule has 0 saturated heterocycles. The van der Waals surface area contributed by atoms with Gasteiger partial charge in [-0.05, 0) is 35.9 Å². The van der Waals surface area contributed by atoms with Crippen LogP contribution >= 0.6 is 15.9 Å². The minimum Gasteiger partial charge on any atom is -0.329 e. The molecule has 1 amide bonds. The van der Waals surface area contributed by atoms with Crippen molar-refractivity contribution in [1.82, 2.24) is 4.98 Å². The molecule has 0 aliphatic rings. The Kier molecular flexibility index (Phi) is 5.46. The van der Waals surface area contributed by atoms with E-state index in [0.29, 0.717) is 12.1 Å². The number of anilines is 3. The number of rotatable bonds is 5. The number of benzene rings is 2. The second kappa shape index (κ2) is 7.94. The fourth-order valence-electron chi connectivity index (χ4n) is 2.46. The molecule has 126 valence electrons. The van der Waals surface area contributed by atoms with E-state index in [-0.39, 0.29) is 5.91 Å². The molecule has 0 atom stereocenters. The van der Waals surface area contributed by atoms with E-state index < -0.39 is 0 Å². The molecule has 3 aromatic rings. The van der Waals surface area contributed by atoms with Crippen LogP contribution < -0.4 is 10.2 Å². The summed E-state index contributed by atoms with van der Waals surface area (Å²) in [5, 5.41) is 2.88. The molecule has 4 nitrogen and oxygen atoms in total. The van der Waals surface area contributed by atoms with Gasteiger partial charge in [0.1, 0.15) is 5.82 Å². The van der Waals surface area contributed by atoms with Crippen molar-refractivity contribution < 1.29 is 4.79 Å². The summed E-state index contributed by atoms with van der Waals surface area (Å²) in [4.78, 5) is 18.6. The Morgan fingerprint density at radius 3 is 2.44 bits per heavy atom. The summed E-state index contributed by atoms with van der Waals surface area (Å²) >= 11 is 3.46. The van der Waals surface area contributed by atoms with Gasteiger partial charge in [0.2, 0.25) is 5.91 Å².